The van der Waals surface area contributed by atoms with Gasteiger partial charge in [-0.15, -0.1) is 0 Å². The highest BCUT2D eigenvalue weighted by Crippen LogP contribution is 2.40. The summed E-state index contributed by atoms with van der Waals surface area (Å²) in [7, 11) is 1.33. The standard InChI is InChI=1S/C20H22ClN3O3S/c1-4-5-10-28-20-23-17-16(18(25)24-20)15(12-6-8-13(21)9-7-12)14(11(2)22-17)19(26)27-3/h6-9,15H,4-5,10H2,1-3H3,(H2,22,23,24,25)/t15-/m0/s1. The van der Waals surface area contributed by atoms with E-state index in [-0.39, 0.29) is 5.56 Å². The number of nitrogens with one attached hydrogen (secondary N) is 2. The van der Waals surface area contributed by atoms with Crippen LogP contribution in [-0.2, 0) is 9.53 Å². The number of methoxy groups -OCH3 is 1. The van der Waals surface area contributed by atoms with E-state index in [1.165, 1.54) is 18.9 Å². The minimum Gasteiger partial charge on any atom is -0.466 e. The van der Waals surface area contributed by atoms with Crippen LogP contribution < -0.4 is 10.9 Å². The lowest BCUT2D eigenvalue weighted by Crippen LogP contribution is -2.31. The normalized spacial score (nSPS) is 15.8. The number of hydrogen-bond acceptors (Lipinski definition) is 6. The van der Waals surface area contributed by atoms with Crippen LogP contribution in [0.2, 0.25) is 5.02 Å². The summed E-state index contributed by atoms with van der Waals surface area (Å²) >= 11 is 7.53. The van der Waals surface area contributed by atoms with Crippen LogP contribution in [0.15, 0.2) is 45.5 Å². The van der Waals surface area contributed by atoms with Gasteiger partial charge in [-0.2, -0.15) is 0 Å². The number of carbonyl (C=O) groups excluding carboxylic acids is 1. The Bertz CT molecular complexity index is 970. The average Bonchev–Trinajstić information content (AvgIpc) is 2.67. The summed E-state index contributed by atoms with van der Waals surface area (Å²) < 4.78 is 4.98. The molecule has 2 N–H and O–H groups in total. The second kappa shape index (κ2) is 8.84. The third-order valence-electron chi connectivity index (χ3n) is 4.57. The smallest absolute Gasteiger partial charge is 0.336 e. The Labute approximate surface area is 172 Å². The first kappa shape index (κ1) is 20.5. The molecule has 0 fully saturated rings. The molecule has 1 aliphatic heterocycles. The number of carbonyl (C=O) groups is 1. The molecule has 0 saturated carbocycles. The molecule has 0 unspecified atom stereocenters. The van der Waals surface area contributed by atoms with Gasteiger partial charge in [-0.3, -0.25) is 4.79 Å². The molecular formula is C20H22ClN3O3S. The largest absolute Gasteiger partial charge is 0.466 e. The van der Waals surface area contributed by atoms with Gasteiger partial charge in [-0.1, -0.05) is 48.8 Å². The molecule has 1 aromatic heterocycles. The Balaban J connectivity index is 2.13. The van der Waals surface area contributed by atoms with Crippen molar-refractivity contribution in [1.29, 1.82) is 0 Å². The monoisotopic (exact) mass is 419 g/mol. The van der Waals surface area contributed by atoms with Crippen molar-refractivity contribution in [3.8, 4) is 0 Å². The lowest BCUT2D eigenvalue weighted by Gasteiger charge is -2.28. The Hall–Kier alpha value is -2.25. The van der Waals surface area contributed by atoms with E-state index in [2.05, 4.69) is 22.2 Å². The quantitative estimate of drug-likeness (QED) is 0.314. The molecule has 0 saturated heterocycles. The molecule has 28 heavy (non-hydrogen) atoms. The van der Waals surface area contributed by atoms with Gasteiger partial charge < -0.3 is 15.0 Å². The van der Waals surface area contributed by atoms with Crippen LogP contribution in [0.1, 0.15) is 43.7 Å². The number of H-pyrrole nitrogens is 1. The predicted molar refractivity (Wildman–Crippen MR) is 112 cm³/mol. The van der Waals surface area contributed by atoms with Crippen LogP contribution in [0.5, 0.6) is 0 Å². The zero-order chi connectivity index (χ0) is 20.3. The second-order valence-electron chi connectivity index (χ2n) is 6.48. The van der Waals surface area contributed by atoms with Gasteiger partial charge in [0, 0.05) is 16.5 Å². The molecular weight excluding hydrogens is 398 g/mol. The SMILES string of the molecule is CCCCSc1nc2c(c(=O)[nH]1)[C@@H](c1ccc(Cl)cc1)C(C(=O)OC)=C(C)N2. The van der Waals surface area contributed by atoms with Crippen LogP contribution in [-0.4, -0.2) is 28.8 Å². The molecule has 2 aromatic rings. The number of unbranched alkanes of at least 4 members (excludes halogenated alkanes) is 1. The summed E-state index contributed by atoms with van der Waals surface area (Å²) in [6.45, 7) is 3.90. The molecule has 1 aromatic carbocycles. The number of rotatable bonds is 6. The highest BCUT2D eigenvalue weighted by atomic mass is 35.5. The number of ether oxygens (including phenoxy) is 1. The van der Waals surface area contributed by atoms with Gasteiger partial charge in [0.2, 0.25) is 0 Å². The maximum atomic E-state index is 13.0. The molecule has 0 radical (unpaired) electrons. The lowest BCUT2D eigenvalue weighted by atomic mass is 9.82. The van der Waals surface area contributed by atoms with Crippen LogP contribution in [0, 0.1) is 0 Å². The first-order valence-corrected chi connectivity index (χ1v) is 10.4. The zero-order valence-electron chi connectivity index (χ0n) is 16.0. The van der Waals surface area contributed by atoms with Crippen molar-refractivity contribution in [2.75, 3.05) is 18.2 Å². The minimum atomic E-state index is -0.591. The number of benzene rings is 1. The van der Waals surface area contributed by atoms with E-state index < -0.39 is 11.9 Å². The molecule has 0 amide bonds. The average molecular weight is 420 g/mol. The predicted octanol–water partition coefficient (Wildman–Crippen LogP) is 4.32. The van der Waals surface area contributed by atoms with Crippen molar-refractivity contribution in [2.24, 2.45) is 0 Å². The van der Waals surface area contributed by atoms with Crippen molar-refractivity contribution >= 4 is 35.1 Å². The number of aromatic nitrogens is 2. The molecule has 1 atom stereocenters. The summed E-state index contributed by atoms with van der Waals surface area (Å²) in [5.41, 5.74) is 1.89. The van der Waals surface area contributed by atoms with Gasteiger partial charge >= 0.3 is 5.97 Å². The summed E-state index contributed by atoms with van der Waals surface area (Å²) in [4.78, 5) is 32.9. The molecule has 1 aliphatic rings. The Morgan fingerprint density at radius 2 is 2.04 bits per heavy atom. The fraction of sp³-hybridized carbons (Fsp3) is 0.350. The second-order valence-corrected chi connectivity index (χ2v) is 8.00. The van der Waals surface area contributed by atoms with Gasteiger partial charge in [0.15, 0.2) is 5.16 Å². The van der Waals surface area contributed by atoms with E-state index in [4.69, 9.17) is 16.3 Å². The minimum absolute atomic E-state index is 0.273. The zero-order valence-corrected chi connectivity index (χ0v) is 17.5. The van der Waals surface area contributed by atoms with Crippen LogP contribution in [0.4, 0.5) is 5.82 Å². The third-order valence-corrected chi connectivity index (χ3v) is 5.78. The van der Waals surface area contributed by atoms with Crippen LogP contribution >= 0.6 is 23.4 Å². The van der Waals surface area contributed by atoms with Crippen molar-refractivity contribution in [3.63, 3.8) is 0 Å². The van der Waals surface area contributed by atoms with Crippen molar-refractivity contribution in [2.45, 2.75) is 37.8 Å². The van der Waals surface area contributed by atoms with E-state index in [0.29, 0.717) is 32.8 Å². The maximum Gasteiger partial charge on any atom is 0.336 e. The molecule has 148 valence electrons. The van der Waals surface area contributed by atoms with E-state index in [9.17, 15) is 9.59 Å². The summed E-state index contributed by atoms with van der Waals surface area (Å²) in [5, 5.41) is 4.26. The first-order chi connectivity index (χ1) is 13.5. The number of halogens is 1. The molecule has 8 heteroatoms. The lowest BCUT2D eigenvalue weighted by molar-refractivity contribution is -0.136. The van der Waals surface area contributed by atoms with E-state index >= 15 is 0 Å². The fourth-order valence-corrected chi connectivity index (χ4v) is 4.25. The fourth-order valence-electron chi connectivity index (χ4n) is 3.18. The Kier molecular flexibility index (Phi) is 6.46. The van der Waals surface area contributed by atoms with Gasteiger partial charge in [0.25, 0.3) is 5.56 Å². The first-order valence-electron chi connectivity index (χ1n) is 9.04. The summed E-state index contributed by atoms with van der Waals surface area (Å²) in [6.07, 6.45) is 2.11. The van der Waals surface area contributed by atoms with Gasteiger partial charge in [-0.25, -0.2) is 9.78 Å². The molecule has 3 rings (SSSR count). The molecule has 0 bridgehead atoms. The summed E-state index contributed by atoms with van der Waals surface area (Å²) in [6, 6.07) is 7.09. The van der Waals surface area contributed by atoms with Crippen LogP contribution in [0.25, 0.3) is 0 Å². The Morgan fingerprint density at radius 1 is 1.32 bits per heavy atom. The number of fused-ring (bicyclic) bond motifs is 1. The van der Waals surface area contributed by atoms with Gasteiger partial charge in [-0.05, 0) is 31.0 Å². The number of aromatic amines is 1. The topological polar surface area (TPSA) is 84.1 Å². The number of anilines is 1. The molecule has 6 nitrogen and oxygen atoms in total. The highest BCUT2D eigenvalue weighted by Gasteiger charge is 2.36. The molecule has 0 aliphatic carbocycles. The van der Waals surface area contributed by atoms with E-state index in [1.54, 1.807) is 19.1 Å². The highest BCUT2D eigenvalue weighted by molar-refractivity contribution is 7.99. The van der Waals surface area contributed by atoms with Crippen LogP contribution in [0.3, 0.4) is 0 Å². The number of allylic oxidation sites excluding steroid dienone is 1. The number of thioether (sulfide) groups is 1. The summed E-state index contributed by atoms with van der Waals surface area (Å²) in [5.74, 6) is 0.261. The van der Waals surface area contributed by atoms with Crippen molar-refractivity contribution in [3.05, 3.63) is 62.0 Å². The van der Waals surface area contributed by atoms with E-state index in [0.717, 1.165) is 24.2 Å². The third kappa shape index (κ3) is 4.10. The maximum absolute atomic E-state index is 13.0. The molecule has 2 heterocycles. The van der Waals surface area contributed by atoms with Gasteiger partial charge in [0.1, 0.15) is 5.82 Å². The number of hydrogen-bond donors (Lipinski definition) is 2. The van der Waals surface area contributed by atoms with Crippen molar-refractivity contribution < 1.29 is 9.53 Å². The Morgan fingerprint density at radius 3 is 2.68 bits per heavy atom. The van der Waals surface area contributed by atoms with Crippen molar-refractivity contribution in [1.82, 2.24) is 9.97 Å². The van der Waals surface area contributed by atoms with Gasteiger partial charge in [0.05, 0.1) is 24.2 Å². The number of nitrogens with zero attached hydrogens (tertiary/aromatic N) is 1. The van der Waals surface area contributed by atoms with E-state index in [1.807, 2.05) is 12.1 Å². The number of esters is 1. The molecule has 0 spiro atoms.